The van der Waals surface area contributed by atoms with Crippen molar-refractivity contribution in [3.05, 3.63) is 0 Å². The molecule has 0 saturated heterocycles. The van der Waals surface area contributed by atoms with Gasteiger partial charge in [-0.15, -0.1) is 0 Å². The minimum atomic E-state index is -2.13. The van der Waals surface area contributed by atoms with Gasteiger partial charge in [0.2, 0.25) is 0 Å². The van der Waals surface area contributed by atoms with Gasteiger partial charge >= 0.3 is 0 Å². The molecule has 0 spiro atoms. The third kappa shape index (κ3) is 2.71. The summed E-state index contributed by atoms with van der Waals surface area (Å²) in [5.74, 6) is 0. The van der Waals surface area contributed by atoms with Crippen LogP contribution in [0.3, 0.4) is 0 Å². The Morgan fingerprint density at radius 2 is 1.85 bits per heavy atom. The van der Waals surface area contributed by atoms with Gasteiger partial charge in [-0.3, -0.25) is 0 Å². The van der Waals surface area contributed by atoms with E-state index < -0.39 is 30.5 Å². The maximum atomic E-state index is 10.0. The van der Waals surface area contributed by atoms with E-state index in [1.165, 1.54) is 0 Å². The van der Waals surface area contributed by atoms with Crippen molar-refractivity contribution < 1.29 is 30.3 Å². The Hall–Kier alpha value is -0.530. The summed E-state index contributed by atoms with van der Waals surface area (Å²) in [6, 6.07) is 0. The highest BCUT2D eigenvalue weighted by atomic mass is 16.4. The van der Waals surface area contributed by atoms with E-state index in [1.54, 1.807) is 0 Å². The number of aliphatic hydroxyl groups is 5. The zero-order chi connectivity index (χ0) is 10.6. The zero-order valence-electron chi connectivity index (χ0n) is 7.16. The van der Waals surface area contributed by atoms with Crippen LogP contribution in [0.4, 0.5) is 0 Å². The predicted octanol–water partition coefficient (Wildman–Crippen LogP) is -2.99. The van der Waals surface area contributed by atoms with Crippen LogP contribution in [-0.2, 0) is 4.79 Å². The highest BCUT2D eigenvalue weighted by Gasteiger charge is 2.41. The molecule has 5 N–H and O–H groups in total. The molecular weight excluding hydrogens is 180 g/mol. The molecule has 78 valence electrons. The molecule has 0 unspecified atom stereocenters. The standard InChI is InChI=1S/C7H14O6/c1-7(13,5(11)3-9)6(12)4(10)2-8/h2,4-6,9-13H,3H2,1H3/t4-,5+,6+,7-/m0/s1. The topological polar surface area (TPSA) is 118 Å². The second-order valence-electron chi connectivity index (χ2n) is 3.00. The summed E-state index contributed by atoms with van der Waals surface area (Å²) >= 11 is 0. The molecule has 0 amide bonds. The predicted molar refractivity (Wildman–Crippen MR) is 41.8 cm³/mol. The zero-order valence-corrected chi connectivity index (χ0v) is 7.16. The maximum Gasteiger partial charge on any atom is 0.151 e. The molecule has 0 aromatic heterocycles. The smallest absolute Gasteiger partial charge is 0.151 e. The van der Waals surface area contributed by atoms with Gasteiger partial charge in [0.1, 0.15) is 23.9 Å². The third-order valence-corrected chi connectivity index (χ3v) is 1.91. The van der Waals surface area contributed by atoms with Crippen LogP contribution in [0.5, 0.6) is 0 Å². The van der Waals surface area contributed by atoms with Crippen molar-refractivity contribution in [2.24, 2.45) is 0 Å². The Morgan fingerprint density at radius 1 is 1.38 bits per heavy atom. The molecule has 4 atom stereocenters. The van der Waals surface area contributed by atoms with Gasteiger partial charge in [-0.2, -0.15) is 0 Å². The Morgan fingerprint density at radius 3 is 2.15 bits per heavy atom. The van der Waals surface area contributed by atoms with E-state index in [1.807, 2.05) is 0 Å². The number of rotatable bonds is 5. The summed E-state index contributed by atoms with van der Waals surface area (Å²) in [4.78, 5) is 10.0. The van der Waals surface area contributed by atoms with Crippen LogP contribution in [0.2, 0.25) is 0 Å². The van der Waals surface area contributed by atoms with Crippen molar-refractivity contribution >= 4 is 6.29 Å². The Labute approximate surface area is 75.1 Å². The van der Waals surface area contributed by atoms with Gasteiger partial charge < -0.3 is 30.3 Å². The van der Waals surface area contributed by atoms with Gasteiger partial charge in [-0.05, 0) is 6.92 Å². The van der Waals surface area contributed by atoms with E-state index in [-0.39, 0.29) is 6.29 Å². The van der Waals surface area contributed by atoms with Crippen LogP contribution in [0.15, 0.2) is 0 Å². The molecule has 0 aliphatic heterocycles. The summed E-state index contributed by atoms with van der Waals surface area (Å²) in [6.07, 6.45) is -5.23. The third-order valence-electron chi connectivity index (χ3n) is 1.91. The first-order valence-electron chi connectivity index (χ1n) is 3.70. The normalized spacial score (nSPS) is 22.9. The number of aldehydes is 1. The van der Waals surface area contributed by atoms with Gasteiger partial charge in [-0.1, -0.05) is 0 Å². The molecule has 0 aromatic rings. The fraction of sp³-hybridized carbons (Fsp3) is 0.857. The maximum absolute atomic E-state index is 10.0. The van der Waals surface area contributed by atoms with E-state index in [9.17, 15) is 9.90 Å². The van der Waals surface area contributed by atoms with E-state index in [2.05, 4.69) is 0 Å². The lowest BCUT2D eigenvalue weighted by Gasteiger charge is -2.33. The molecule has 0 rings (SSSR count). The number of hydrogen-bond donors (Lipinski definition) is 5. The molecule has 0 aromatic carbocycles. The lowest BCUT2D eigenvalue weighted by Crippen LogP contribution is -2.56. The van der Waals surface area contributed by atoms with Crippen molar-refractivity contribution in [3.63, 3.8) is 0 Å². The Bertz CT molecular complexity index is 168. The van der Waals surface area contributed by atoms with Crippen molar-refractivity contribution in [3.8, 4) is 0 Å². The molecule has 0 fully saturated rings. The first kappa shape index (κ1) is 12.5. The van der Waals surface area contributed by atoms with Crippen LogP contribution >= 0.6 is 0 Å². The van der Waals surface area contributed by atoms with Crippen molar-refractivity contribution in [1.29, 1.82) is 0 Å². The molecule has 0 aliphatic carbocycles. The average molecular weight is 194 g/mol. The highest BCUT2D eigenvalue weighted by Crippen LogP contribution is 2.17. The first-order valence-corrected chi connectivity index (χ1v) is 3.70. The average Bonchev–Trinajstić information content (AvgIpc) is 2.13. The van der Waals surface area contributed by atoms with E-state index in [0.29, 0.717) is 0 Å². The first-order chi connectivity index (χ1) is 5.87. The van der Waals surface area contributed by atoms with Crippen LogP contribution in [0.1, 0.15) is 6.92 Å². The quantitative estimate of drug-likeness (QED) is 0.298. The van der Waals surface area contributed by atoms with Crippen LogP contribution in [0, 0.1) is 0 Å². The fourth-order valence-electron chi connectivity index (χ4n) is 0.802. The van der Waals surface area contributed by atoms with Crippen LogP contribution < -0.4 is 0 Å². The van der Waals surface area contributed by atoms with E-state index in [0.717, 1.165) is 6.92 Å². The van der Waals surface area contributed by atoms with E-state index >= 15 is 0 Å². The van der Waals surface area contributed by atoms with E-state index in [4.69, 9.17) is 20.4 Å². The van der Waals surface area contributed by atoms with Gasteiger partial charge in [0.25, 0.3) is 0 Å². The molecule has 0 bridgehead atoms. The number of carbonyl (C=O) groups excluding carboxylic acids is 1. The molecule has 0 radical (unpaired) electrons. The van der Waals surface area contributed by atoms with Crippen molar-refractivity contribution in [2.75, 3.05) is 6.61 Å². The SMILES string of the molecule is C[C@](O)([C@H](O)CO)[C@H](O)[C@@H](O)C=O. The second-order valence-corrected chi connectivity index (χ2v) is 3.00. The molecule has 13 heavy (non-hydrogen) atoms. The molecule has 0 saturated carbocycles. The largest absolute Gasteiger partial charge is 0.394 e. The highest BCUT2D eigenvalue weighted by molar-refractivity contribution is 5.57. The number of hydrogen-bond acceptors (Lipinski definition) is 6. The monoisotopic (exact) mass is 194 g/mol. The fourth-order valence-corrected chi connectivity index (χ4v) is 0.802. The van der Waals surface area contributed by atoms with Gasteiger partial charge in [0, 0.05) is 0 Å². The van der Waals surface area contributed by atoms with Gasteiger partial charge in [0.05, 0.1) is 6.61 Å². The summed E-state index contributed by atoms with van der Waals surface area (Å²) in [7, 11) is 0. The summed E-state index contributed by atoms with van der Waals surface area (Å²) in [6.45, 7) is 0.223. The van der Waals surface area contributed by atoms with Crippen LogP contribution in [-0.4, -0.2) is 62.3 Å². The Balaban J connectivity index is 4.51. The summed E-state index contributed by atoms with van der Waals surface area (Å²) in [5.41, 5.74) is -2.13. The van der Waals surface area contributed by atoms with Crippen LogP contribution in [0.25, 0.3) is 0 Å². The lowest BCUT2D eigenvalue weighted by molar-refractivity contribution is -0.175. The molecule has 0 aliphatic rings. The van der Waals surface area contributed by atoms with Crippen molar-refractivity contribution in [2.45, 2.75) is 30.8 Å². The van der Waals surface area contributed by atoms with Gasteiger partial charge in [-0.25, -0.2) is 0 Å². The summed E-state index contributed by atoms with van der Waals surface area (Å²) in [5, 5.41) is 44.9. The number of carbonyl (C=O) groups is 1. The molecular formula is C7H14O6. The molecule has 0 heterocycles. The lowest BCUT2D eigenvalue weighted by atomic mass is 9.89. The molecule has 6 nitrogen and oxygen atoms in total. The molecule has 6 heteroatoms. The van der Waals surface area contributed by atoms with Gasteiger partial charge in [0.15, 0.2) is 6.29 Å². The van der Waals surface area contributed by atoms with Crippen molar-refractivity contribution in [1.82, 2.24) is 0 Å². The summed E-state index contributed by atoms with van der Waals surface area (Å²) < 4.78 is 0. The number of aliphatic hydroxyl groups excluding tert-OH is 4. The second kappa shape index (κ2) is 4.64. The Kier molecular flexibility index (Phi) is 4.45. The minimum absolute atomic E-state index is 0.0310. The minimum Gasteiger partial charge on any atom is -0.394 e.